The summed E-state index contributed by atoms with van der Waals surface area (Å²) in [6, 6.07) is 10.3. The van der Waals surface area contributed by atoms with Crippen molar-refractivity contribution < 1.29 is 21.6 Å². The number of anilines is 2. The molecule has 7 nitrogen and oxygen atoms in total. The molecule has 2 aliphatic heterocycles. The summed E-state index contributed by atoms with van der Waals surface area (Å²) in [5.41, 5.74) is 3.40. The van der Waals surface area contributed by atoms with E-state index in [0.29, 0.717) is 48.4 Å². The van der Waals surface area contributed by atoms with Crippen LogP contribution in [0.2, 0.25) is 0 Å². The third-order valence-electron chi connectivity index (χ3n) is 5.56. The Bertz CT molecular complexity index is 1140. The highest BCUT2D eigenvalue weighted by atomic mass is 32.2. The molecule has 2 aromatic rings. The summed E-state index contributed by atoms with van der Waals surface area (Å²) in [5.74, 6) is 0.0274. The molecule has 0 unspecified atom stereocenters. The number of ketones is 1. The Morgan fingerprint density at radius 3 is 1.43 bits per heavy atom. The summed E-state index contributed by atoms with van der Waals surface area (Å²) >= 11 is 0. The second kappa shape index (κ2) is 5.81. The lowest BCUT2D eigenvalue weighted by Crippen LogP contribution is -2.25. The number of carbonyl (C=O) groups is 1. The number of rotatable bonds is 2. The monoisotopic (exact) mass is 418 g/mol. The van der Waals surface area contributed by atoms with Gasteiger partial charge in [0.05, 0.1) is 22.9 Å². The van der Waals surface area contributed by atoms with Crippen LogP contribution in [0, 0.1) is 0 Å². The Balaban J connectivity index is 1.56. The van der Waals surface area contributed by atoms with E-state index in [-0.39, 0.29) is 17.3 Å². The Kier molecular flexibility index (Phi) is 3.67. The van der Waals surface area contributed by atoms with Gasteiger partial charge in [0.2, 0.25) is 20.0 Å². The van der Waals surface area contributed by atoms with Crippen LogP contribution in [-0.4, -0.2) is 47.2 Å². The van der Waals surface area contributed by atoms with E-state index in [1.165, 1.54) is 8.61 Å². The fraction of sp³-hybridized carbons (Fsp3) is 0.316. The van der Waals surface area contributed by atoms with Gasteiger partial charge < -0.3 is 0 Å². The highest BCUT2D eigenvalue weighted by Gasteiger charge is 2.34. The average Bonchev–Trinajstić information content (AvgIpc) is 3.28. The molecule has 0 radical (unpaired) electrons. The quantitative estimate of drug-likeness (QED) is 0.635. The second-order valence-corrected chi connectivity index (χ2v) is 11.3. The minimum Gasteiger partial charge on any atom is -0.289 e. The van der Waals surface area contributed by atoms with Gasteiger partial charge in [0.1, 0.15) is 0 Å². The third-order valence-corrected chi connectivity index (χ3v) is 9.30. The number of carbonyl (C=O) groups excluding carboxylic acids is 1. The van der Waals surface area contributed by atoms with E-state index >= 15 is 0 Å². The molecule has 3 aliphatic rings. The Hall–Kier alpha value is -2.39. The molecule has 0 saturated carbocycles. The average molecular weight is 418 g/mol. The highest BCUT2D eigenvalue weighted by Crippen LogP contribution is 2.41. The molecule has 146 valence electrons. The first-order valence-corrected chi connectivity index (χ1v) is 12.3. The summed E-state index contributed by atoms with van der Waals surface area (Å²) in [5, 5.41) is 0. The van der Waals surface area contributed by atoms with E-state index in [2.05, 4.69) is 0 Å². The number of hydrogen-bond donors (Lipinski definition) is 0. The van der Waals surface area contributed by atoms with E-state index < -0.39 is 20.0 Å². The topological polar surface area (TPSA) is 91.8 Å². The summed E-state index contributed by atoms with van der Waals surface area (Å²) in [4.78, 5) is 13.0. The van der Waals surface area contributed by atoms with Crippen LogP contribution in [0.1, 0.15) is 28.8 Å². The molecule has 2 fully saturated rings. The van der Waals surface area contributed by atoms with Crippen LogP contribution >= 0.6 is 0 Å². The molecule has 9 heteroatoms. The lowest BCUT2D eigenvalue weighted by molar-refractivity contribution is 0.104. The SMILES string of the molecule is O=C1c2cc(N3CCCS3(=O)=O)ccc2-c2ccc(N3CCCS3(=O)=O)cc21. The highest BCUT2D eigenvalue weighted by molar-refractivity contribution is 7.93. The number of sulfonamides is 2. The lowest BCUT2D eigenvalue weighted by Gasteiger charge is -2.17. The van der Waals surface area contributed by atoms with Crippen molar-refractivity contribution in [3.63, 3.8) is 0 Å². The Labute approximate surface area is 163 Å². The number of benzene rings is 2. The van der Waals surface area contributed by atoms with Crippen LogP contribution in [0.15, 0.2) is 36.4 Å². The standard InChI is InChI=1S/C19H18N2O5S2/c22-19-17-11-13(20-7-1-9-27(20,23)24)3-5-15(17)16-6-4-14(12-18(16)19)21-8-2-10-28(21,25)26/h3-6,11-12H,1-2,7-10H2. The van der Waals surface area contributed by atoms with Crippen LogP contribution in [0.5, 0.6) is 0 Å². The van der Waals surface area contributed by atoms with Crippen LogP contribution < -0.4 is 8.61 Å². The molecule has 0 aromatic heterocycles. The molecule has 0 spiro atoms. The predicted octanol–water partition coefficient (Wildman–Crippen LogP) is 1.98. The van der Waals surface area contributed by atoms with Crippen molar-refractivity contribution >= 4 is 37.2 Å². The van der Waals surface area contributed by atoms with E-state index in [9.17, 15) is 21.6 Å². The minimum absolute atomic E-state index is 0.117. The first-order valence-electron chi connectivity index (χ1n) is 9.12. The smallest absolute Gasteiger partial charge is 0.235 e. The molecule has 0 amide bonds. The zero-order valence-electron chi connectivity index (χ0n) is 15.0. The van der Waals surface area contributed by atoms with Crippen LogP contribution in [-0.2, 0) is 20.0 Å². The maximum absolute atomic E-state index is 13.0. The van der Waals surface area contributed by atoms with Gasteiger partial charge in [0.25, 0.3) is 0 Å². The minimum atomic E-state index is -3.32. The summed E-state index contributed by atoms with van der Waals surface area (Å²) < 4.78 is 51.5. The normalized spacial score (nSPS) is 21.8. The van der Waals surface area contributed by atoms with Crippen molar-refractivity contribution in [1.29, 1.82) is 0 Å². The van der Waals surface area contributed by atoms with Crippen molar-refractivity contribution in [2.45, 2.75) is 12.8 Å². The van der Waals surface area contributed by atoms with Gasteiger partial charge in [-0.2, -0.15) is 0 Å². The van der Waals surface area contributed by atoms with E-state index in [1.807, 2.05) is 0 Å². The van der Waals surface area contributed by atoms with Crippen molar-refractivity contribution in [3.8, 4) is 11.1 Å². The van der Waals surface area contributed by atoms with Crippen molar-refractivity contribution in [1.82, 2.24) is 0 Å². The van der Waals surface area contributed by atoms with E-state index in [4.69, 9.17) is 0 Å². The molecule has 2 saturated heterocycles. The summed E-state index contributed by atoms with van der Waals surface area (Å²) in [7, 11) is -6.65. The molecular formula is C19H18N2O5S2. The largest absolute Gasteiger partial charge is 0.289 e. The third kappa shape index (κ3) is 2.49. The molecule has 0 N–H and O–H groups in total. The molecule has 0 atom stereocenters. The first-order chi connectivity index (χ1) is 13.3. The van der Waals surface area contributed by atoms with E-state index in [0.717, 1.165) is 11.1 Å². The lowest BCUT2D eigenvalue weighted by atomic mass is 10.0. The maximum Gasteiger partial charge on any atom is 0.235 e. The molecule has 2 heterocycles. The van der Waals surface area contributed by atoms with Gasteiger partial charge in [-0.15, -0.1) is 0 Å². The van der Waals surface area contributed by atoms with Gasteiger partial charge in [-0.3, -0.25) is 13.4 Å². The van der Waals surface area contributed by atoms with Gasteiger partial charge in [-0.1, -0.05) is 12.1 Å². The van der Waals surface area contributed by atoms with Crippen molar-refractivity contribution in [2.24, 2.45) is 0 Å². The van der Waals surface area contributed by atoms with Crippen LogP contribution in [0.25, 0.3) is 11.1 Å². The van der Waals surface area contributed by atoms with Gasteiger partial charge in [-0.05, 0) is 48.2 Å². The van der Waals surface area contributed by atoms with E-state index in [1.54, 1.807) is 36.4 Å². The number of hydrogen-bond acceptors (Lipinski definition) is 5. The first kappa shape index (κ1) is 17.7. The van der Waals surface area contributed by atoms with Gasteiger partial charge in [0.15, 0.2) is 5.78 Å². The molecule has 2 aromatic carbocycles. The van der Waals surface area contributed by atoms with Crippen LogP contribution in [0.4, 0.5) is 11.4 Å². The van der Waals surface area contributed by atoms with Crippen LogP contribution in [0.3, 0.4) is 0 Å². The maximum atomic E-state index is 13.0. The second-order valence-electron chi connectivity index (χ2n) is 7.27. The molecule has 0 bridgehead atoms. The van der Waals surface area contributed by atoms with Crippen molar-refractivity contribution in [3.05, 3.63) is 47.5 Å². The van der Waals surface area contributed by atoms with Gasteiger partial charge >= 0.3 is 0 Å². The summed E-state index contributed by atoms with van der Waals surface area (Å²) in [6.07, 6.45) is 1.14. The number of fused-ring (bicyclic) bond motifs is 3. The predicted molar refractivity (Wildman–Crippen MR) is 107 cm³/mol. The number of nitrogens with zero attached hydrogens (tertiary/aromatic N) is 2. The fourth-order valence-corrected chi connectivity index (χ4v) is 7.34. The Morgan fingerprint density at radius 2 is 1.07 bits per heavy atom. The Morgan fingerprint density at radius 1 is 0.643 bits per heavy atom. The zero-order chi connectivity index (χ0) is 19.7. The molecular weight excluding hydrogens is 400 g/mol. The molecule has 5 rings (SSSR count). The fourth-order valence-electron chi connectivity index (χ4n) is 4.22. The zero-order valence-corrected chi connectivity index (χ0v) is 16.6. The van der Waals surface area contributed by atoms with Crippen molar-refractivity contribution in [2.75, 3.05) is 33.2 Å². The van der Waals surface area contributed by atoms with Gasteiger partial charge in [-0.25, -0.2) is 16.8 Å². The molecule has 1 aliphatic carbocycles. The molecule has 28 heavy (non-hydrogen) atoms. The summed E-state index contributed by atoms with van der Waals surface area (Å²) in [6.45, 7) is 0.832. The van der Waals surface area contributed by atoms with Gasteiger partial charge in [0, 0.05) is 24.2 Å².